The molecule has 0 N–H and O–H groups in total. The second-order valence-electron chi connectivity index (χ2n) is 11.7. The Morgan fingerprint density at radius 2 is 1.22 bits per heavy atom. The van der Waals surface area contributed by atoms with Crippen LogP contribution in [0.25, 0.3) is 0 Å². The molecule has 200 valence electrons. The summed E-state index contributed by atoms with van der Waals surface area (Å²) in [4.78, 5) is 24.7. The Morgan fingerprint density at radius 3 is 1.56 bits per heavy atom. The fraction of sp³-hybridized carbons (Fsp3) is 0.846. The second kappa shape index (κ2) is 11.2. The molecule has 0 spiro atoms. The highest BCUT2D eigenvalue weighted by Crippen LogP contribution is 2.60. The molecular weight excluding hydrogens is 498 g/mol. The van der Waals surface area contributed by atoms with Crippen molar-refractivity contribution in [3.8, 4) is 12.1 Å². The summed E-state index contributed by atoms with van der Waals surface area (Å²) < 4.78 is 23.9. The lowest BCUT2D eigenvalue weighted by Crippen LogP contribution is -2.62. The molecule has 8 nitrogen and oxygen atoms in total. The average Bonchev–Trinajstić information content (AvgIpc) is 2.74. The predicted octanol–water partition coefficient (Wildman–Crippen LogP) is 4.76. The van der Waals surface area contributed by atoms with Crippen LogP contribution in [0.5, 0.6) is 0 Å². The third-order valence-electron chi connectivity index (χ3n) is 7.59. The van der Waals surface area contributed by atoms with Gasteiger partial charge in [0.25, 0.3) is 0 Å². The largest absolute Gasteiger partial charge is 0.436 e. The van der Waals surface area contributed by atoms with Gasteiger partial charge in [-0.1, -0.05) is 0 Å². The highest BCUT2D eigenvalue weighted by atomic mass is 31.0. The molecule has 10 heteroatoms. The molecular formula is C26H40N2O6P2. The first kappa shape index (κ1) is 29.3. The highest BCUT2D eigenvalue weighted by molar-refractivity contribution is 7.19. The molecule has 0 aromatic rings. The van der Waals surface area contributed by atoms with Gasteiger partial charge in [-0.3, -0.25) is 9.59 Å². The normalized spacial score (nSPS) is 33.3. The van der Waals surface area contributed by atoms with Crippen molar-refractivity contribution in [1.82, 2.24) is 0 Å². The average molecular weight is 539 g/mol. The van der Waals surface area contributed by atoms with Crippen molar-refractivity contribution in [2.75, 3.05) is 0 Å². The number of nitriles is 2. The maximum Gasteiger partial charge on any atom is 0.308 e. The van der Waals surface area contributed by atoms with Crippen molar-refractivity contribution >= 4 is 30.4 Å². The Balaban J connectivity index is 1.56. The van der Waals surface area contributed by atoms with Gasteiger partial charge >= 0.3 is 11.9 Å². The summed E-state index contributed by atoms with van der Waals surface area (Å²) in [5.74, 6) is 0.166. The van der Waals surface area contributed by atoms with Crippen LogP contribution in [0.15, 0.2) is 0 Å². The number of carbonyl (C=O) groups is 2. The zero-order valence-electron chi connectivity index (χ0n) is 21.9. The first-order chi connectivity index (χ1) is 16.7. The number of rotatable bonds is 12. The Hall–Kier alpha value is -1.30. The number of carbonyl (C=O) groups excluding carboxylic acids is 2. The molecule has 0 saturated heterocycles. The topological polar surface area (TPSA) is 119 Å². The van der Waals surface area contributed by atoms with E-state index in [-0.39, 0.29) is 24.8 Å². The maximum atomic E-state index is 12.3. The summed E-state index contributed by atoms with van der Waals surface area (Å²) in [7, 11) is 4.94. The van der Waals surface area contributed by atoms with Crippen molar-refractivity contribution in [1.29, 1.82) is 10.5 Å². The van der Waals surface area contributed by atoms with Gasteiger partial charge in [-0.15, -0.1) is 18.5 Å². The van der Waals surface area contributed by atoms with Gasteiger partial charge < -0.3 is 18.9 Å². The molecule has 6 unspecified atom stereocenters. The minimum absolute atomic E-state index is 0.152. The Kier molecular flexibility index (Phi) is 9.11. The first-order valence-corrected chi connectivity index (χ1v) is 14.0. The molecule has 4 fully saturated rings. The fourth-order valence-corrected chi connectivity index (χ4v) is 6.74. The zero-order valence-corrected chi connectivity index (χ0v) is 24.2. The molecule has 4 aliphatic rings. The monoisotopic (exact) mass is 538 g/mol. The second-order valence-corrected chi connectivity index (χ2v) is 14.3. The number of ether oxygens (including phenoxy) is 4. The quantitative estimate of drug-likeness (QED) is 0.198. The molecule has 0 aromatic carbocycles. The minimum Gasteiger partial charge on any atom is -0.436 e. The van der Waals surface area contributed by atoms with Crippen LogP contribution in [-0.4, -0.2) is 46.0 Å². The Labute approximate surface area is 219 Å². The smallest absolute Gasteiger partial charge is 0.308 e. The summed E-state index contributed by atoms with van der Waals surface area (Å²) in [6.07, 6.45) is 5.15. The third kappa shape index (κ3) is 7.85. The van der Waals surface area contributed by atoms with Crippen molar-refractivity contribution in [2.24, 2.45) is 11.8 Å². The van der Waals surface area contributed by atoms with Gasteiger partial charge in [0.05, 0.1) is 33.7 Å². The van der Waals surface area contributed by atoms with Gasteiger partial charge in [-0.05, 0) is 84.5 Å². The SMILES string of the molecule is CC(OC(=O)CCC(C)(P)C#N)OC12CC3CC(C1)CC(OC(C)OC(=O)CCC(C)(P)C#N)(C3)C2. The standard InChI is InChI=1S/C26H40N2O6P2/c1-17(31-21(29)5-7-23(3,35)15-27)33-25-10-19-9-20(11-25)13-26(12-19,14-25)34-18(2)32-22(30)6-8-24(4,36)16-28/h17-20H,5-14,35-36H2,1-4H3. The van der Waals surface area contributed by atoms with E-state index in [2.05, 4.69) is 30.6 Å². The lowest BCUT2D eigenvalue weighted by Gasteiger charge is -2.61. The van der Waals surface area contributed by atoms with Crippen LogP contribution >= 0.6 is 18.5 Å². The number of hydrogen-bond donors (Lipinski definition) is 0. The van der Waals surface area contributed by atoms with Crippen molar-refractivity contribution in [2.45, 2.75) is 126 Å². The van der Waals surface area contributed by atoms with E-state index in [1.165, 1.54) is 0 Å². The van der Waals surface area contributed by atoms with Crippen LogP contribution in [0.1, 0.15) is 91.9 Å². The van der Waals surface area contributed by atoms with Crippen molar-refractivity contribution in [3.05, 3.63) is 0 Å². The van der Waals surface area contributed by atoms with Crippen LogP contribution < -0.4 is 0 Å². The number of esters is 2. The molecule has 0 radical (unpaired) electrons. The predicted molar refractivity (Wildman–Crippen MR) is 139 cm³/mol. The molecule has 4 rings (SSSR count). The van der Waals surface area contributed by atoms with Crippen LogP contribution in [0.2, 0.25) is 0 Å². The summed E-state index contributed by atoms with van der Waals surface area (Å²) in [6.45, 7) is 7.04. The summed E-state index contributed by atoms with van der Waals surface area (Å²) in [5, 5.41) is 17.0. The number of hydrogen-bond acceptors (Lipinski definition) is 8. The molecule has 36 heavy (non-hydrogen) atoms. The van der Waals surface area contributed by atoms with Crippen LogP contribution in [0.3, 0.4) is 0 Å². The molecule has 4 saturated carbocycles. The third-order valence-corrected chi connectivity index (χ3v) is 8.42. The molecule has 0 heterocycles. The van der Waals surface area contributed by atoms with Gasteiger partial charge in [-0.25, -0.2) is 0 Å². The lowest BCUT2D eigenvalue weighted by atomic mass is 9.52. The van der Waals surface area contributed by atoms with Crippen molar-refractivity contribution < 1.29 is 28.5 Å². The van der Waals surface area contributed by atoms with Crippen molar-refractivity contribution in [3.63, 3.8) is 0 Å². The molecule has 4 aliphatic carbocycles. The Bertz CT molecular complexity index is 840. The van der Waals surface area contributed by atoms with Gasteiger partial charge in [0.2, 0.25) is 12.6 Å². The van der Waals surface area contributed by atoms with Crippen LogP contribution in [-0.2, 0) is 28.5 Å². The summed E-state index contributed by atoms with van der Waals surface area (Å²) in [5.41, 5.74) is -0.855. The van der Waals surface area contributed by atoms with E-state index in [1.807, 2.05) is 0 Å². The van der Waals surface area contributed by atoms with E-state index < -0.39 is 34.1 Å². The van der Waals surface area contributed by atoms with Gasteiger partial charge in [0.15, 0.2) is 0 Å². The van der Waals surface area contributed by atoms with E-state index in [1.54, 1.807) is 27.7 Å². The van der Waals surface area contributed by atoms with E-state index >= 15 is 0 Å². The van der Waals surface area contributed by atoms with Crippen LogP contribution in [0.4, 0.5) is 0 Å². The van der Waals surface area contributed by atoms with E-state index in [4.69, 9.17) is 29.5 Å². The van der Waals surface area contributed by atoms with E-state index in [0.29, 0.717) is 31.1 Å². The number of nitrogens with zero attached hydrogens (tertiary/aromatic N) is 2. The molecule has 6 atom stereocenters. The van der Waals surface area contributed by atoms with E-state index in [0.717, 1.165) is 32.1 Å². The zero-order chi connectivity index (χ0) is 26.8. The molecule has 0 aliphatic heterocycles. The minimum atomic E-state index is -0.694. The van der Waals surface area contributed by atoms with Gasteiger partial charge in [0.1, 0.15) is 0 Å². The summed E-state index contributed by atoms with van der Waals surface area (Å²) >= 11 is 0. The first-order valence-electron chi connectivity index (χ1n) is 12.8. The lowest BCUT2D eigenvalue weighted by molar-refractivity contribution is -0.301. The molecule has 0 amide bonds. The summed E-state index contributed by atoms with van der Waals surface area (Å²) in [6, 6.07) is 4.33. The van der Waals surface area contributed by atoms with Gasteiger partial charge in [-0.2, -0.15) is 10.5 Å². The van der Waals surface area contributed by atoms with E-state index in [9.17, 15) is 9.59 Å². The molecule has 0 aromatic heterocycles. The molecule has 4 bridgehead atoms. The van der Waals surface area contributed by atoms with Crippen LogP contribution in [0, 0.1) is 34.5 Å². The Morgan fingerprint density at radius 1 is 0.861 bits per heavy atom. The fourth-order valence-electron chi connectivity index (χ4n) is 6.45. The maximum absolute atomic E-state index is 12.3. The highest BCUT2D eigenvalue weighted by Gasteiger charge is 2.60. The van der Waals surface area contributed by atoms with Gasteiger partial charge in [0, 0.05) is 19.3 Å².